The van der Waals surface area contributed by atoms with Crippen LogP contribution in [0.15, 0.2) is 30.3 Å². The largest absolute Gasteiger partial charge is 0.355 e. The molecule has 2 fully saturated rings. The molecule has 1 aromatic heterocycles. The predicted octanol–water partition coefficient (Wildman–Crippen LogP) is 2.26. The maximum absolute atomic E-state index is 13.6. The summed E-state index contributed by atoms with van der Waals surface area (Å²) < 4.78 is 0. The molecule has 2 aliphatic heterocycles. The zero-order chi connectivity index (χ0) is 24.5. The van der Waals surface area contributed by atoms with Gasteiger partial charge in [0.1, 0.15) is 11.5 Å². The van der Waals surface area contributed by atoms with Gasteiger partial charge in [0.05, 0.1) is 11.7 Å². The lowest BCUT2D eigenvalue weighted by molar-refractivity contribution is 0.0539. The number of carbonyl (C=O) groups excluding carboxylic acids is 2. The van der Waals surface area contributed by atoms with E-state index in [0.29, 0.717) is 30.2 Å². The number of hydrogen-bond donors (Lipinski definition) is 1. The van der Waals surface area contributed by atoms with Gasteiger partial charge >= 0.3 is 0 Å². The molecule has 4 rings (SSSR count). The SMILES string of the molecule is CNC(=O)c1cccc([C@H]2CN(C(=O)c3cc(C4(C)CCN(C)CC4)nc(C)n3)CCN2C)c1. The number of aromatic nitrogens is 2. The average Bonchev–Trinajstić information content (AvgIpc) is 2.85. The molecule has 0 unspecified atom stereocenters. The molecule has 2 aliphatic rings. The van der Waals surface area contributed by atoms with Gasteiger partial charge in [-0.3, -0.25) is 14.5 Å². The number of hydrogen-bond acceptors (Lipinski definition) is 6. The summed E-state index contributed by atoms with van der Waals surface area (Å²) in [6.07, 6.45) is 2.04. The van der Waals surface area contributed by atoms with Crippen molar-refractivity contribution >= 4 is 11.8 Å². The lowest BCUT2D eigenvalue weighted by Crippen LogP contribution is -2.49. The summed E-state index contributed by atoms with van der Waals surface area (Å²) in [7, 11) is 5.84. The van der Waals surface area contributed by atoms with Crippen molar-refractivity contribution < 1.29 is 9.59 Å². The van der Waals surface area contributed by atoms with Gasteiger partial charge in [-0.15, -0.1) is 0 Å². The van der Waals surface area contributed by atoms with Crippen molar-refractivity contribution in [3.05, 3.63) is 58.7 Å². The molecule has 8 heteroatoms. The van der Waals surface area contributed by atoms with E-state index in [0.717, 1.165) is 43.7 Å². The third kappa shape index (κ3) is 4.98. The van der Waals surface area contributed by atoms with Gasteiger partial charge in [-0.1, -0.05) is 19.1 Å². The van der Waals surface area contributed by atoms with Crippen molar-refractivity contribution in [3.63, 3.8) is 0 Å². The van der Waals surface area contributed by atoms with E-state index in [-0.39, 0.29) is 23.3 Å². The summed E-state index contributed by atoms with van der Waals surface area (Å²) >= 11 is 0. The van der Waals surface area contributed by atoms with Crippen LogP contribution in [-0.4, -0.2) is 90.3 Å². The van der Waals surface area contributed by atoms with Crippen LogP contribution in [0, 0.1) is 6.92 Å². The molecule has 0 radical (unpaired) electrons. The molecule has 2 saturated heterocycles. The van der Waals surface area contributed by atoms with E-state index in [1.54, 1.807) is 7.05 Å². The maximum Gasteiger partial charge on any atom is 0.272 e. The highest BCUT2D eigenvalue weighted by atomic mass is 16.2. The van der Waals surface area contributed by atoms with Crippen molar-refractivity contribution in [2.45, 2.75) is 38.1 Å². The lowest BCUT2D eigenvalue weighted by Gasteiger charge is -2.40. The number of likely N-dealkylation sites (N-methyl/N-ethyl adjacent to an activating group) is 1. The fraction of sp³-hybridized carbons (Fsp3) is 0.538. The highest BCUT2D eigenvalue weighted by molar-refractivity contribution is 5.94. The zero-order valence-corrected chi connectivity index (χ0v) is 21.0. The number of piperazine rings is 1. The Labute approximate surface area is 202 Å². The molecule has 0 aliphatic carbocycles. The van der Waals surface area contributed by atoms with E-state index in [2.05, 4.69) is 41.1 Å². The molecular weight excluding hydrogens is 428 g/mol. The van der Waals surface area contributed by atoms with E-state index in [9.17, 15) is 9.59 Å². The first-order chi connectivity index (χ1) is 16.2. The lowest BCUT2D eigenvalue weighted by atomic mass is 9.77. The number of aryl methyl sites for hydroxylation is 1. The van der Waals surface area contributed by atoms with E-state index in [4.69, 9.17) is 4.98 Å². The summed E-state index contributed by atoms with van der Waals surface area (Å²) in [5.41, 5.74) is 3.06. The fourth-order valence-corrected chi connectivity index (χ4v) is 4.97. The van der Waals surface area contributed by atoms with Gasteiger partial charge in [0.25, 0.3) is 11.8 Å². The van der Waals surface area contributed by atoms with E-state index in [1.165, 1.54) is 0 Å². The van der Waals surface area contributed by atoms with Crippen LogP contribution in [0.2, 0.25) is 0 Å². The number of nitrogens with one attached hydrogen (secondary N) is 1. The highest BCUT2D eigenvalue weighted by Gasteiger charge is 2.34. The molecule has 182 valence electrons. The molecule has 8 nitrogen and oxygen atoms in total. The van der Waals surface area contributed by atoms with Gasteiger partial charge in [-0.05, 0) is 70.7 Å². The van der Waals surface area contributed by atoms with Crippen LogP contribution >= 0.6 is 0 Å². The van der Waals surface area contributed by atoms with Crippen molar-refractivity contribution in [2.24, 2.45) is 0 Å². The number of nitrogens with zero attached hydrogens (tertiary/aromatic N) is 5. The topological polar surface area (TPSA) is 81.7 Å². The van der Waals surface area contributed by atoms with Gasteiger partial charge < -0.3 is 15.1 Å². The molecule has 2 aromatic rings. The minimum atomic E-state index is -0.111. The molecule has 1 atom stereocenters. The monoisotopic (exact) mass is 464 g/mol. The van der Waals surface area contributed by atoms with Gasteiger partial charge in [0.15, 0.2) is 0 Å². The third-order valence-electron chi connectivity index (χ3n) is 7.46. The molecule has 0 saturated carbocycles. The number of amides is 2. The Morgan fingerprint density at radius 1 is 1.06 bits per heavy atom. The van der Waals surface area contributed by atoms with Crippen LogP contribution in [-0.2, 0) is 5.41 Å². The van der Waals surface area contributed by atoms with Gasteiger partial charge in [0.2, 0.25) is 0 Å². The Morgan fingerprint density at radius 3 is 2.50 bits per heavy atom. The molecule has 1 N–H and O–H groups in total. The summed E-state index contributed by atoms with van der Waals surface area (Å²) in [4.78, 5) is 41.5. The molecule has 2 amide bonds. The highest BCUT2D eigenvalue weighted by Crippen LogP contribution is 2.34. The predicted molar refractivity (Wildman–Crippen MR) is 132 cm³/mol. The van der Waals surface area contributed by atoms with E-state index in [1.807, 2.05) is 42.2 Å². The van der Waals surface area contributed by atoms with E-state index < -0.39 is 0 Å². The number of rotatable bonds is 4. The van der Waals surface area contributed by atoms with Crippen molar-refractivity contribution in [1.82, 2.24) is 30.0 Å². The number of carbonyl (C=O) groups is 2. The summed E-state index contributed by atoms with van der Waals surface area (Å²) in [6, 6.07) is 9.58. The normalized spacial score (nSPS) is 21.3. The first kappa shape index (κ1) is 24.3. The second kappa shape index (κ2) is 9.80. The Balaban J connectivity index is 1.57. The Bertz CT molecular complexity index is 1060. The van der Waals surface area contributed by atoms with Crippen LogP contribution in [0.25, 0.3) is 0 Å². The fourth-order valence-electron chi connectivity index (χ4n) is 4.97. The summed E-state index contributed by atoms with van der Waals surface area (Å²) in [5, 5.41) is 2.68. The Hall–Kier alpha value is -2.84. The summed E-state index contributed by atoms with van der Waals surface area (Å²) in [5.74, 6) is 0.480. The van der Waals surface area contributed by atoms with Crippen LogP contribution < -0.4 is 5.32 Å². The first-order valence-corrected chi connectivity index (χ1v) is 12.1. The van der Waals surface area contributed by atoms with Gasteiger partial charge in [-0.2, -0.15) is 0 Å². The quantitative estimate of drug-likeness (QED) is 0.748. The standard InChI is InChI=1S/C26H36N6O2/c1-18-28-21(16-23(29-18)26(2)9-11-30(4)12-10-26)25(34)32-14-13-31(5)22(17-32)19-7-6-8-20(15-19)24(33)27-3/h6-8,15-16,22H,9-14,17H2,1-5H3,(H,27,33)/t22-/m1/s1. The second-order valence-electron chi connectivity index (χ2n) is 10.0. The minimum Gasteiger partial charge on any atom is -0.355 e. The van der Waals surface area contributed by atoms with Gasteiger partial charge in [-0.25, -0.2) is 9.97 Å². The van der Waals surface area contributed by atoms with Gasteiger partial charge in [0, 0.05) is 37.7 Å². The van der Waals surface area contributed by atoms with E-state index >= 15 is 0 Å². The second-order valence-corrected chi connectivity index (χ2v) is 10.0. The minimum absolute atomic E-state index is 0.0103. The molecule has 0 spiro atoms. The number of piperidine rings is 1. The molecule has 3 heterocycles. The van der Waals surface area contributed by atoms with Crippen molar-refractivity contribution in [3.8, 4) is 0 Å². The summed E-state index contributed by atoms with van der Waals surface area (Å²) in [6.45, 7) is 8.11. The van der Waals surface area contributed by atoms with Crippen molar-refractivity contribution in [1.29, 1.82) is 0 Å². The number of likely N-dealkylation sites (tertiary alicyclic amines) is 1. The van der Waals surface area contributed by atoms with Crippen LogP contribution in [0.4, 0.5) is 0 Å². The smallest absolute Gasteiger partial charge is 0.272 e. The average molecular weight is 465 g/mol. The molecule has 0 bridgehead atoms. The van der Waals surface area contributed by atoms with Crippen LogP contribution in [0.1, 0.15) is 63.7 Å². The van der Waals surface area contributed by atoms with Crippen LogP contribution in [0.5, 0.6) is 0 Å². The zero-order valence-electron chi connectivity index (χ0n) is 21.0. The Kier molecular flexibility index (Phi) is 7.00. The molecular formula is C26H36N6O2. The first-order valence-electron chi connectivity index (χ1n) is 12.1. The van der Waals surface area contributed by atoms with Crippen LogP contribution in [0.3, 0.4) is 0 Å². The van der Waals surface area contributed by atoms with Crippen molar-refractivity contribution in [2.75, 3.05) is 53.9 Å². The molecule has 34 heavy (non-hydrogen) atoms. The molecule has 1 aromatic carbocycles. The Morgan fingerprint density at radius 2 is 1.79 bits per heavy atom. The third-order valence-corrected chi connectivity index (χ3v) is 7.46. The number of benzene rings is 1. The maximum atomic E-state index is 13.6.